The molecule has 0 aromatic rings. The van der Waals surface area contributed by atoms with E-state index in [0.717, 1.165) is 12.5 Å². The van der Waals surface area contributed by atoms with Crippen molar-refractivity contribution in [1.29, 1.82) is 0 Å². The van der Waals surface area contributed by atoms with E-state index in [1.807, 2.05) is 0 Å². The van der Waals surface area contributed by atoms with E-state index in [0.29, 0.717) is 6.54 Å². The summed E-state index contributed by atoms with van der Waals surface area (Å²) in [5.74, 6) is 0.793. The van der Waals surface area contributed by atoms with Crippen LogP contribution in [-0.4, -0.2) is 18.8 Å². The first-order chi connectivity index (χ1) is 10.2. The quantitative estimate of drug-likeness (QED) is 0.459. The Kier molecular flexibility index (Phi) is 10.4. The molecule has 1 aliphatic carbocycles. The summed E-state index contributed by atoms with van der Waals surface area (Å²) in [5.41, 5.74) is 5.96. The Morgan fingerprint density at radius 3 is 2.00 bits per heavy atom. The lowest BCUT2D eigenvalue weighted by molar-refractivity contribution is -0.0374. The molecule has 1 saturated carbocycles. The van der Waals surface area contributed by atoms with Crippen LogP contribution in [0.1, 0.15) is 97.3 Å². The van der Waals surface area contributed by atoms with Crippen molar-refractivity contribution in [2.45, 2.75) is 103 Å². The normalized spacial score (nSPS) is 25.6. The van der Waals surface area contributed by atoms with Crippen LogP contribution >= 0.6 is 0 Å². The van der Waals surface area contributed by atoms with Gasteiger partial charge < -0.3 is 10.5 Å². The first kappa shape index (κ1) is 19.0. The van der Waals surface area contributed by atoms with E-state index in [1.165, 1.54) is 83.5 Å². The van der Waals surface area contributed by atoms with Crippen LogP contribution in [0.4, 0.5) is 0 Å². The molecule has 1 aliphatic rings. The molecular formula is C19H39NO. The Morgan fingerprint density at radius 2 is 1.52 bits per heavy atom. The monoisotopic (exact) mass is 297 g/mol. The van der Waals surface area contributed by atoms with Crippen LogP contribution < -0.4 is 5.73 Å². The predicted octanol–water partition coefficient (Wildman–Crippen LogP) is 5.44. The second kappa shape index (κ2) is 11.5. The first-order valence-electron chi connectivity index (χ1n) is 9.56. The molecule has 0 aromatic carbocycles. The van der Waals surface area contributed by atoms with Gasteiger partial charge in [-0.2, -0.15) is 0 Å². The van der Waals surface area contributed by atoms with Gasteiger partial charge in [0.05, 0.1) is 5.60 Å². The minimum atomic E-state index is 0.0265. The van der Waals surface area contributed by atoms with Crippen LogP contribution in [0.2, 0.25) is 0 Å². The molecule has 126 valence electrons. The molecule has 0 heterocycles. The van der Waals surface area contributed by atoms with Gasteiger partial charge in [0.2, 0.25) is 0 Å². The summed E-state index contributed by atoms with van der Waals surface area (Å²) in [6.07, 6.45) is 17.4. The number of hydrogen-bond donors (Lipinski definition) is 1. The maximum atomic E-state index is 6.16. The van der Waals surface area contributed by atoms with Crippen LogP contribution in [-0.2, 0) is 4.74 Å². The summed E-state index contributed by atoms with van der Waals surface area (Å²) in [6.45, 7) is 6.22. The fourth-order valence-corrected chi connectivity index (χ4v) is 3.60. The van der Waals surface area contributed by atoms with Crippen molar-refractivity contribution >= 4 is 0 Å². The summed E-state index contributed by atoms with van der Waals surface area (Å²) in [4.78, 5) is 0. The number of hydrogen-bond acceptors (Lipinski definition) is 2. The molecule has 0 radical (unpaired) electrons. The van der Waals surface area contributed by atoms with E-state index in [-0.39, 0.29) is 5.60 Å². The van der Waals surface area contributed by atoms with Crippen molar-refractivity contribution in [3.8, 4) is 0 Å². The lowest BCUT2D eigenvalue weighted by Crippen LogP contribution is -2.38. The van der Waals surface area contributed by atoms with Gasteiger partial charge in [-0.25, -0.2) is 0 Å². The van der Waals surface area contributed by atoms with Crippen molar-refractivity contribution in [3.63, 3.8) is 0 Å². The summed E-state index contributed by atoms with van der Waals surface area (Å²) >= 11 is 0. The molecule has 1 fully saturated rings. The van der Waals surface area contributed by atoms with Crippen LogP contribution in [0.15, 0.2) is 0 Å². The van der Waals surface area contributed by atoms with Crippen LogP contribution in [0.25, 0.3) is 0 Å². The molecule has 2 N–H and O–H groups in total. The van der Waals surface area contributed by atoms with Gasteiger partial charge in [-0.15, -0.1) is 0 Å². The largest absolute Gasteiger partial charge is 0.374 e. The molecule has 0 bridgehead atoms. The zero-order valence-corrected chi connectivity index (χ0v) is 14.7. The van der Waals surface area contributed by atoms with Gasteiger partial charge in [0.25, 0.3) is 0 Å². The molecule has 2 nitrogen and oxygen atoms in total. The third-order valence-corrected chi connectivity index (χ3v) is 5.09. The molecule has 0 aromatic heterocycles. The Balaban J connectivity index is 1.88. The molecule has 0 spiro atoms. The third kappa shape index (κ3) is 8.21. The Bertz CT molecular complexity index is 244. The number of nitrogens with two attached hydrogens (primary N) is 1. The average Bonchev–Trinajstić information content (AvgIpc) is 2.87. The maximum absolute atomic E-state index is 6.16. The van der Waals surface area contributed by atoms with Crippen molar-refractivity contribution in [3.05, 3.63) is 0 Å². The molecule has 2 atom stereocenters. The van der Waals surface area contributed by atoms with Gasteiger partial charge in [-0.1, -0.05) is 71.6 Å². The Hall–Kier alpha value is -0.0800. The Morgan fingerprint density at radius 1 is 0.952 bits per heavy atom. The minimum Gasteiger partial charge on any atom is -0.374 e. The number of ether oxygens (including phenoxy) is 1. The molecule has 0 amide bonds. The topological polar surface area (TPSA) is 35.2 Å². The van der Waals surface area contributed by atoms with Gasteiger partial charge in [-0.3, -0.25) is 0 Å². The third-order valence-electron chi connectivity index (χ3n) is 5.09. The lowest BCUT2D eigenvalue weighted by atomic mass is 10.0. The van der Waals surface area contributed by atoms with Gasteiger partial charge in [-0.05, 0) is 31.6 Å². The van der Waals surface area contributed by atoms with Gasteiger partial charge >= 0.3 is 0 Å². The molecule has 2 unspecified atom stereocenters. The van der Waals surface area contributed by atoms with Crippen LogP contribution in [0, 0.1) is 5.92 Å². The Labute approximate surface area is 133 Å². The average molecular weight is 298 g/mol. The van der Waals surface area contributed by atoms with Gasteiger partial charge in [0, 0.05) is 13.2 Å². The van der Waals surface area contributed by atoms with Crippen molar-refractivity contribution in [2.24, 2.45) is 11.7 Å². The summed E-state index contributed by atoms with van der Waals surface area (Å²) in [5, 5.41) is 0. The molecule has 1 rings (SSSR count). The van der Waals surface area contributed by atoms with E-state index in [2.05, 4.69) is 13.8 Å². The highest BCUT2D eigenvalue weighted by molar-refractivity contribution is 4.90. The zero-order valence-electron chi connectivity index (χ0n) is 14.7. The highest BCUT2D eigenvalue weighted by Crippen LogP contribution is 2.36. The summed E-state index contributed by atoms with van der Waals surface area (Å²) in [7, 11) is 0. The minimum absolute atomic E-state index is 0.0265. The lowest BCUT2D eigenvalue weighted by Gasteiger charge is -2.28. The van der Waals surface area contributed by atoms with Crippen molar-refractivity contribution in [2.75, 3.05) is 13.2 Å². The van der Waals surface area contributed by atoms with E-state index < -0.39 is 0 Å². The van der Waals surface area contributed by atoms with Crippen LogP contribution in [0.3, 0.4) is 0 Å². The van der Waals surface area contributed by atoms with Crippen LogP contribution in [0.5, 0.6) is 0 Å². The zero-order chi connectivity index (χ0) is 15.4. The second-order valence-corrected chi connectivity index (χ2v) is 7.27. The van der Waals surface area contributed by atoms with Gasteiger partial charge in [0.1, 0.15) is 0 Å². The molecule has 0 aliphatic heterocycles. The first-order valence-corrected chi connectivity index (χ1v) is 9.56. The van der Waals surface area contributed by atoms with Crippen molar-refractivity contribution in [1.82, 2.24) is 0 Å². The summed E-state index contributed by atoms with van der Waals surface area (Å²) < 4.78 is 6.16. The predicted molar refractivity (Wildman–Crippen MR) is 92.6 cm³/mol. The van der Waals surface area contributed by atoms with Gasteiger partial charge in [0.15, 0.2) is 0 Å². The second-order valence-electron chi connectivity index (χ2n) is 7.27. The summed E-state index contributed by atoms with van der Waals surface area (Å²) in [6, 6.07) is 0. The smallest absolute Gasteiger partial charge is 0.0806 e. The van der Waals surface area contributed by atoms with E-state index >= 15 is 0 Å². The van der Waals surface area contributed by atoms with Crippen molar-refractivity contribution < 1.29 is 4.74 Å². The maximum Gasteiger partial charge on any atom is 0.0806 e. The highest BCUT2D eigenvalue weighted by Gasteiger charge is 2.36. The number of rotatable bonds is 13. The van der Waals surface area contributed by atoms with E-state index in [4.69, 9.17) is 10.5 Å². The van der Waals surface area contributed by atoms with E-state index in [1.54, 1.807) is 0 Å². The molecular weight excluding hydrogens is 258 g/mol. The molecule has 0 saturated heterocycles. The SMILES string of the molecule is CCCCCCCCCCCCOC1(CN)CCC(C)C1. The van der Waals surface area contributed by atoms with E-state index in [9.17, 15) is 0 Å². The fourth-order valence-electron chi connectivity index (χ4n) is 3.60. The standard InChI is InChI=1S/C19H39NO/c1-3-4-5-6-7-8-9-10-11-12-15-21-19(17-20)14-13-18(2)16-19/h18H,3-17,20H2,1-2H3. The molecule has 2 heteroatoms. The number of unbranched alkanes of at least 4 members (excludes halogenated alkanes) is 9. The fraction of sp³-hybridized carbons (Fsp3) is 1.00. The highest BCUT2D eigenvalue weighted by atomic mass is 16.5. The molecule has 21 heavy (non-hydrogen) atoms.